The van der Waals surface area contributed by atoms with Crippen molar-refractivity contribution < 1.29 is 4.79 Å². The number of likely N-dealkylation sites (tertiary alicyclic amines) is 1. The quantitative estimate of drug-likeness (QED) is 0.554. The lowest BCUT2D eigenvalue weighted by atomic mass is 10.1. The summed E-state index contributed by atoms with van der Waals surface area (Å²) in [5.41, 5.74) is 1.07. The largest absolute Gasteiger partial charge is 0.357 e. The maximum Gasteiger partial charge on any atom is 0.222 e. The van der Waals surface area contributed by atoms with E-state index in [1.54, 1.807) is 6.20 Å². The van der Waals surface area contributed by atoms with Gasteiger partial charge in [0, 0.05) is 45.3 Å². The van der Waals surface area contributed by atoms with E-state index < -0.39 is 0 Å². The van der Waals surface area contributed by atoms with E-state index in [0.717, 1.165) is 50.6 Å². The molecule has 7 nitrogen and oxygen atoms in total. The molecule has 2 heterocycles. The highest BCUT2D eigenvalue weighted by Crippen LogP contribution is 2.17. The van der Waals surface area contributed by atoms with E-state index >= 15 is 0 Å². The molecule has 0 aliphatic carbocycles. The molecule has 0 aromatic carbocycles. The lowest BCUT2D eigenvalue weighted by Gasteiger charge is -2.27. The van der Waals surface area contributed by atoms with Gasteiger partial charge in [0.1, 0.15) is 0 Å². The van der Waals surface area contributed by atoms with E-state index in [-0.39, 0.29) is 0 Å². The normalized spacial score (nSPS) is 16.5. The molecule has 0 bridgehead atoms. The maximum absolute atomic E-state index is 11.9. The summed E-state index contributed by atoms with van der Waals surface area (Å²) in [5.74, 6) is 1.11. The molecule has 0 saturated carbocycles. The van der Waals surface area contributed by atoms with Gasteiger partial charge in [-0.1, -0.05) is 6.92 Å². The Hall–Kier alpha value is -2.05. The van der Waals surface area contributed by atoms with Crippen LogP contribution in [-0.4, -0.2) is 52.2 Å². The zero-order chi connectivity index (χ0) is 17.4. The zero-order valence-electron chi connectivity index (χ0n) is 15.1. The van der Waals surface area contributed by atoms with E-state index in [0.29, 0.717) is 24.9 Å². The lowest BCUT2D eigenvalue weighted by Crippen LogP contribution is -2.42. The monoisotopic (exact) mass is 334 g/mol. The molecular weight excluding hydrogens is 304 g/mol. The second-order valence-corrected chi connectivity index (χ2v) is 6.11. The Balaban J connectivity index is 1.84. The zero-order valence-corrected chi connectivity index (χ0v) is 15.1. The van der Waals surface area contributed by atoms with Gasteiger partial charge in [0.25, 0.3) is 0 Å². The first-order valence-corrected chi connectivity index (χ1v) is 8.94. The maximum atomic E-state index is 11.9. The first-order chi connectivity index (χ1) is 11.7. The smallest absolute Gasteiger partial charge is 0.222 e. The number of nitrogens with zero attached hydrogens (tertiary/aromatic N) is 4. The molecule has 7 heteroatoms. The van der Waals surface area contributed by atoms with Crippen LogP contribution in [-0.2, 0) is 18.4 Å². The van der Waals surface area contributed by atoms with Gasteiger partial charge in [-0.15, -0.1) is 0 Å². The number of aliphatic imine (C=N–C) groups is 1. The molecule has 0 radical (unpaired) electrons. The lowest BCUT2D eigenvalue weighted by molar-refractivity contribution is -0.129. The second kappa shape index (κ2) is 9.30. The predicted molar refractivity (Wildman–Crippen MR) is 95.7 cm³/mol. The van der Waals surface area contributed by atoms with E-state index in [9.17, 15) is 4.79 Å². The van der Waals surface area contributed by atoms with Gasteiger partial charge in [-0.3, -0.25) is 9.48 Å². The third-order valence-corrected chi connectivity index (χ3v) is 4.46. The Morgan fingerprint density at radius 3 is 2.83 bits per heavy atom. The van der Waals surface area contributed by atoms with Gasteiger partial charge in [0.15, 0.2) is 5.96 Å². The minimum absolute atomic E-state index is 0.304. The SMILES string of the molecule is CCNC(=NCc1ccnn1C)NCCC(CC)N1CCCC1=O. The Kier molecular flexibility index (Phi) is 7.08. The average molecular weight is 334 g/mol. The molecule has 2 rings (SSSR count). The number of aromatic nitrogens is 2. The van der Waals surface area contributed by atoms with E-state index in [2.05, 4.69) is 34.6 Å². The molecule has 0 spiro atoms. The molecule has 1 aromatic heterocycles. The fourth-order valence-electron chi connectivity index (χ4n) is 3.05. The van der Waals surface area contributed by atoms with Crippen LogP contribution in [0.2, 0.25) is 0 Å². The Bertz CT molecular complexity index is 553. The fourth-order valence-corrected chi connectivity index (χ4v) is 3.05. The fraction of sp³-hybridized carbons (Fsp3) is 0.706. The van der Waals surface area contributed by atoms with Crippen LogP contribution in [0.1, 0.15) is 45.2 Å². The van der Waals surface area contributed by atoms with E-state index in [1.165, 1.54) is 0 Å². The standard InChI is InChI=1S/C17H30N6O/c1-4-14(23-12-6-7-16(23)24)8-10-19-17(18-5-2)20-13-15-9-11-21-22(15)3/h9,11,14H,4-8,10,12-13H2,1-3H3,(H2,18,19,20). The van der Waals surface area contributed by atoms with Crippen LogP contribution in [0.5, 0.6) is 0 Å². The van der Waals surface area contributed by atoms with Crippen LogP contribution in [0.3, 0.4) is 0 Å². The van der Waals surface area contributed by atoms with Crippen LogP contribution in [0, 0.1) is 0 Å². The summed E-state index contributed by atoms with van der Waals surface area (Å²) in [6.07, 6.45) is 5.43. The molecule has 1 aliphatic rings. The van der Waals surface area contributed by atoms with Gasteiger partial charge in [-0.2, -0.15) is 5.10 Å². The summed E-state index contributed by atoms with van der Waals surface area (Å²) in [6, 6.07) is 2.30. The van der Waals surface area contributed by atoms with Crippen molar-refractivity contribution in [3.05, 3.63) is 18.0 Å². The number of aryl methyl sites for hydroxylation is 1. The highest BCUT2D eigenvalue weighted by atomic mass is 16.2. The molecule has 2 N–H and O–H groups in total. The van der Waals surface area contributed by atoms with Crippen molar-refractivity contribution in [1.29, 1.82) is 0 Å². The molecule has 1 unspecified atom stereocenters. The summed E-state index contributed by atoms with van der Waals surface area (Å²) in [4.78, 5) is 18.5. The van der Waals surface area contributed by atoms with E-state index in [1.807, 2.05) is 22.7 Å². The molecule has 1 aliphatic heterocycles. The number of rotatable bonds is 8. The molecule has 1 atom stereocenters. The molecule has 1 amide bonds. The van der Waals surface area contributed by atoms with Gasteiger partial charge >= 0.3 is 0 Å². The van der Waals surface area contributed by atoms with Gasteiger partial charge in [-0.25, -0.2) is 4.99 Å². The van der Waals surface area contributed by atoms with Crippen LogP contribution >= 0.6 is 0 Å². The summed E-state index contributed by atoms with van der Waals surface area (Å²) in [6.45, 7) is 7.33. The van der Waals surface area contributed by atoms with Crippen molar-refractivity contribution in [1.82, 2.24) is 25.3 Å². The highest BCUT2D eigenvalue weighted by Gasteiger charge is 2.26. The first-order valence-electron chi connectivity index (χ1n) is 8.94. The minimum Gasteiger partial charge on any atom is -0.357 e. The summed E-state index contributed by atoms with van der Waals surface area (Å²) in [7, 11) is 1.92. The second-order valence-electron chi connectivity index (χ2n) is 6.11. The molecular formula is C17H30N6O. The Morgan fingerprint density at radius 1 is 1.42 bits per heavy atom. The number of carbonyl (C=O) groups excluding carboxylic acids is 1. The molecule has 1 aromatic rings. The van der Waals surface area contributed by atoms with Crippen molar-refractivity contribution in [3.63, 3.8) is 0 Å². The van der Waals surface area contributed by atoms with Crippen molar-refractivity contribution in [2.45, 2.75) is 52.1 Å². The Morgan fingerprint density at radius 2 is 2.25 bits per heavy atom. The average Bonchev–Trinajstić information content (AvgIpc) is 3.17. The number of carbonyl (C=O) groups is 1. The highest BCUT2D eigenvalue weighted by molar-refractivity contribution is 5.80. The molecule has 24 heavy (non-hydrogen) atoms. The molecule has 1 fully saturated rings. The summed E-state index contributed by atoms with van der Waals surface area (Å²) < 4.78 is 1.83. The van der Waals surface area contributed by atoms with Crippen molar-refractivity contribution >= 4 is 11.9 Å². The number of amides is 1. The van der Waals surface area contributed by atoms with Crippen LogP contribution in [0.15, 0.2) is 17.3 Å². The van der Waals surface area contributed by atoms with Gasteiger partial charge < -0.3 is 15.5 Å². The molecule has 1 saturated heterocycles. The number of hydrogen-bond acceptors (Lipinski definition) is 3. The van der Waals surface area contributed by atoms with Gasteiger partial charge in [0.2, 0.25) is 5.91 Å². The van der Waals surface area contributed by atoms with E-state index in [4.69, 9.17) is 0 Å². The Labute approximate surface area is 144 Å². The topological polar surface area (TPSA) is 74.6 Å². The number of guanidine groups is 1. The summed E-state index contributed by atoms with van der Waals surface area (Å²) >= 11 is 0. The summed E-state index contributed by atoms with van der Waals surface area (Å²) in [5, 5.41) is 10.8. The minimum atomic E-state index is 0.304. The number of nitrogens with one attached hydrogen (secondary N) is 2. The van der Waals surface area contributed by atoms with Crippen molar-refractivity contribution in [3.8, 4) is 0 Å². The third-order valence-electron chi connectivity index (χ3n) is 4.46. The predicted octanol–water partition coefficient (Wildman–Crippen LogP) is 1.27. The molecule has 134 valence electrons. The van der Waals surface area contributed by atoms with Crippen molar-refractivity contribution in [2.75, 3.05) is 19.6 Å². The third kappa shape index (κ3) is 4.97. The van der Waals surface area contributed by atoms with Gasteiger partial charge in [-0.05, 0) is 32.3 Å². The number of hydrogen-bond donors (Lipinski definition) is 2. The van der Waals surface area contributed by atoms with Crippen molar-refractivity contribution in [2.24, 2.45) is 12.0 Å². The van der Waals surface area contributed by atoms with Crippen LogP contribution in [0.4, 0.5) is 0 Å². The first kappa shape index (κ1) is 18.3. The van der Waals surface area contributed by atoms with Crippen LogP contribution in [0.25, 0.3) is 0 Å². The van der Waals surface area contributed by atoms with Crippen LogP contribution < -0.4 is 10.6 Å². The van der Waals surface area contributed by atoms with Gasteiger partial charge in [0.05, 0.1) is 12.2 Å².